The van der Waals surface area contributed by atoms with Crippen LogP contribution in [0, 0.1) is 0 Å². The van der Waals surface area contributed by atoms with E-state index < -0.39 is 13.6 Å². The summed E-state index contributed by atoms with van der Waals surface area (Å²) < 4.78 is 32.4. The van der Waals surface area contributed by atoms with E-state index in [9.17, 15) is 9.13 Å². The predicted octanol–water partition coefficient (Wildman–Crippen LogP) is 6.37. The summed E-state index contributed by atoms with van der Waals surface area (Å²) in [5, 5.41) is 2.76. The first-order valence-electron chi connectivity index (χ1n) is 7.09. The molecule has 0 spiro atoms. The Balaban J connectivity index is 0.000000257. The zero-order valence-corrected chi connectivity index (χ0v) is 17.4. The van der Waals surface area contributed by atoms with Gasteiger partial charge >= 0.3 is 13.6 Å². The van der Waals surface area contributed by atoms with Crippen molar-refractivity contribution in [3.05, 3.63) is 60.7 Å². The van der Waals surface area contributed by atoms with Gasteiger partial charge in [0.25, 0.3) is 0 Å². The number of para-hydroxylation sites is 2. The maximum Gasteiger partial charge on any atom is 0.428 e. The summed E-state index contributed by atoms with van der Waals surface area (Å²) in [5.41, 5.74) is 0. The molecule has 0 aromatic heterocycles. The molecule has 10 heteroatoms. The highest BCUT2D eigenvalue weighted by molar-refractivity contribution is 8.05. The maximum atomic E-state index is 11.8. The lowest BCUT2D eigenvalue weighted by Gasteiger charge is -2.15. The zero-order valence-electron chi connectivity index (χ0n) is 13.3. The lowest BCUT2D eigenvalue weighted by Crippen LogP contribution is -2.15. The largest absolute Gasteiger partial charge is 0.433 e. The molecule has 0 radical (unpaired) electrons. The fourth-order valence-electron chi connectivity index (χ4n) is 1.56. The van der Waals surface area contributed by atoms with Gasteiger partial charge < -0.3 is 9.05 Å². The maximum absolute atomic E-state index is 11.8. The summed E-state index contributed by atoms with van der Waals surface area (Å²) in [4.78, 5) is 0. The predicted molar refractivity (Wildman–Crippen MR) is 106 cm³/mol. The van der Waals surface area contributed by atoms with Gasteiger partial charge in [-0.3, -0.25) is 4.57 Å². The second-order valence-electron chi connectivity index (χ2n) is 4.67. The van der Waals surface area contributed by atoms with Gasteiger partial charge in [-0.25, -0.2) is 9.65 Å². The van der Waals surface area contributed by atoms with Gasteiger partial charge in [-0.05, 0) is 24.3 Å². The molecule has 0 saturated carbocycles. The molecular formula is C15H18Cl3NO4P2. The third kappa shape index (κ3) is 11.5. The van der Waals surface area contributed by atoms with Crippen molar-refractivity contribution in [1.29, 1.82) is 0 Å². The summed E-state index contributed by atoms with van der Waals surface area (Å²) in [6.45, 7) is 2.01. The molecule has 0 saturated heterocycles. The Labute approximate surface area is 162 Å². The van der Waals surface area contributed by atoms with E-state index in [1.165, 1.54) is 6.66 Å². The van der Waals surface area contributed by atoms with Crippen molar-refractivity contribution in [3.8, 4) is 11.5 Å². The number of rotatable bonds is 7. The van der Waals surface area contributed by atoms with Crippen LogP contribution in [-0.2, 0) is 9.13 Å². The molecule has 5 nitrogen and oxygen atoms in total. The smallest absolute Gasteiger partial charge is 0.428 e. The van der Waals surface area contributed by atoms with E-state index in [1.54, 1.807) is 42.5 Å². The van der Waals surface area contributed by atoms with Crippen molar-refractivity contribution in [2.75, 3.05) is 19.1 Å². The average Bonchev–Trinajstić information content (AvgIpc) is 2.53. The lowest BCUT2D eigenvalue weighted by atomic mass is 10.3. The third-order valence-corrected chi connectivity index (χ3v) is 4.85. The topological polar surface area (TPSA) is 64.6 Å². The van der Waals surface area contributed by atoms with E-state index in [4.69, 9.17) is 38.6 Å². The molecule has 2 aromatic carbocycles. The first-order chi connectivity index (χ1) is 11.7. The van der Waals surface area contributed by atoms with E-state index in [1.807, 2.05) is 18.2 Å². The lowest BCUT2D eigenvalue weighted by molar-refractivity contribution is 0.475. The van der Waals surface area contributed by atoms with Gasteiger partial charge in [-0.15, -0.1) is 11.6 Å². The molecule has 0 aliphatic heterocycles. The number of alkyl halides is 1. The Kier molecular flexibility index (Phi) is 9.96. The molecule has 2 aromatic rings. The van der Waals surface area contributed by atoms with Gasteiger partial charge in [0.1, 0.15) is 11.5 Å². The van der Waals surface area contributed by atoms with E-state index in [-0.39, 0.29) is 0 Å². The van der Waals surface area contributed by atoms with E-state index >= 15 is 0 Å². The van der Waals surface area contributed by atoms with Crippen LogP contribution in [0.3, 0.4) is 0 Å². The summed E-state index contributed by atoms with van der Waals surface area (Å²) in [7, 11) is -2.77. The first-order valence-corrected chi connectivity index (χ1v) is 13.1. The molecular weight excluding hydrogens is 426 g/mol. The summed E-state index contributed by atoms with van der Waals surface area (Å²) >= 11 is 15.8. The fourth-order valence-corrected chi connectivity index (χ4v) is 3.74. The molecule has 0 fully saturated rings. The Morgan fingerprint density at radius 3 is 1.72 bits per heavy atom. The normalized spacial score (nSPS) is 13.1. The standard InChI is InChI=1S/C9H13ClNO2P.C6H5Cl2O2P/c1-14(12,11-8-7-10)13-9-5-3-2-4-6-9;7-11(8,9)10-6-4-2-1-3-5-6/h2-6H,7-8H2,1H3,(H,11,12);1-5H. The Morgan fingerprint density at radius 2 is 1.32 bits per heavy atom. The molecule has 25 heavy (non-hydrogen) atoms. The van der Waals surface area contributed by atoms with Crippen molar-refractivity contribution in [2.45, 2.75) is 0 Å². The summed E-state index contributed by atoms with van der Waals surface area (Å²) in [6.07, 6.45) is -3.44. The van der Waals surface area contributed by atoms with Crippen LogP contribution in [-0.4, -0.2) is 19.1 Å². The number of benzene rings is 2. The highest BCUT2D eigenvalue weighted by Gasteiger charge is 2.15. The molecule has 1 unspecified atom stereocenters. The highest BCUT2D eigenvalue weighted by atomic mass is 35.9. The van der Waals surface area contributed by atoms with Crippen LogP contribution in [0.1, 0.15) is 0 Å². The van der Waals surface area contributed by atoms with Crippen LogP contribution < -0.4 is 14.1 Å². The minimum Gasteiger partial charge on any atom is -0.433 e. The number of nitrogens with one attached hydrogen (secondary N) is 1. The number of hydrogen-bond donors (Lipinski definition) is 1. The van der Waals surface area contributed by atoms with Crippen molar-refractivity contribution in [1.82, 2.24) is 5.09 Å². The SMILES string of the molecule is CP(=O)(NCCCl)Oc1ccccc1.O=P(Cl)(Cl)Oc1ccccc1. The quantitative estimate of drug-likeness (QED) is 0.397. The minimum absolute atomic E-state index is 0.404. The molecule has 1 N–H and O–H groups in total. The second kappa shape index (κ2) is 11.1. The molecule has 0 amide bonds. The van der Waals surface area contributed by atoms with E-state index in [2.05, 4.69) is 9.61 Å². The number of hydrogen-bond acceptors (Lipinski definition) is 4. The first kappa shape index (κ1) is 22.4. The van der Waals surface area contributed by atoms with Crippen LogP contribution in [0.2, 0.25) is 0 Å². The molecule has 0 aliphatic carbocycles. The molecule has 1 atom stereocenters. The third-order valence-electron chi connectivity index (χ3n) is 2.47. The molecule has 0 aliphatic rings. The van der Waals surface area contributed by atoms with E-state index in [0.29, 0.717) is 23.9 Å². The van der Waals surface area contributed by atoms with Gasteiger partial charge in [-0.1, -0.05) is 36.4 Å². The van der Waals surface area contributed by atoms with Gasteiger partial charge in [0, 0.05) is 41.6 Å². The van der Waals surface area contributed by atoms with Crippen LogP contribution >= 0.6 is 47.7 Å². The monoisotopic (exact) mass is 443 g/mol. The Bertz CT molecular complexity index is 713. The summed E-state index contributed by atoms with van der Waals surface area (Å²) in [5.74, 6) is 1.41. The van der Waals surface area contributed by atoms with Gasteiger partial charge in [0.2, 0.25) is 0 Å². The zero-order chi connectivity index (χ0) is 18.8. The van der Waals surface area contributed by atoms with Gasteiger partial charge in [0.15, 0.2) is 0 Å². The molecule has 0 heterocycles. The molecule has 0 bridgehead atoms. The van der Waals surface area contributed by atoms with Crippen molar-refractivity contribution in [2.24, 2.45) is 0 Å². The highest BCUT2D eigenvalue weighted by Crippen LogP contribution is 2.56. The second-order valence-corrected chi connectivity index (χ2v) is 11.4. The van der Waals surface area contributed by atoms with Crippen LogP contribution in [0.4, 0.5) is 0 Å². The van der Waals surface area contributed by atoms with Crippen LogP contribution in [0.15, 0.2) is 60.7 Å². The van der Waals surface area contributed by atoms with Crippen LogP contribution in [0.25, 0.3) is 0 Å². The van der Waals surface area contributed by atoms with Gasteiger partial charge in [-0.2, -0.15) is 0 Å². The van der Waals surface area contributed by atoms with E-state index in [0.717, 1.165) is 0 Å². The molecule has 138 valence electrons. The minimum atomic E-state index is -3.44. The fraction of sp³-hybridized carbons (Fsp3) is 0.200. The number of halogens is 3. The van der Waals surface area contributed by atoms with Crippen molar-refractivity contribution < 1.29 is 18.2 Å². The molecule has 2 rings (SSSR count). The van der Waals surface area contributed by atoms with Crippen molar-refractivity contribution >= 4 is 47.7 Å². The van der Waals surface area contributed by atoms with Crippen LogP contribution in [0.5, 0.6) is 11.5 Å². The Morgan fingerprint density at radius 1 is 0.880 bits per heavy atom. The average molecular weight is 445 g/mol. The van der Waals surface area contributed by atoms with Gasteiger partial charge in [0.05, 0.1) is 0 Å². The van der Waals surface area contributed by atoms with Crippen molar-refractivity contribution in [3.63, 3.8) is 0 Å². The Hall–Kier alpha value is -0.670. The summed E-state index contributed by atoms with van der Waals surface area (Å²) in [6, 6.07) is 17.6.